The molecule has 0 atom stereocenters. The Hall–Kier alpha value is -2.09. The van der Waals surface area contributed by atoms with E-state index in [-0.39, 0.29) is 18.9 Å². The number of aromatic nitrogens is 1. The zero-order valence-electron chi connectivity index (χ0n) is 11.6. The molecule has 0 saturated heterocycles. The van der Waals surface area contributed by atoms with Crippen molar-refractivity contribution >= 4 is 17.2 Å². The normalized spacial score (nSPS) is 11.3. The number of carbonyl (C=O) groups is 1. The molecule has 118 valence electrons. The van der Waals surface area contributed by atoms with Gasteiger partial charge < -0.3 is 10.1 Å². The predicted molar refractivity (Wildman–Crippen MR) is 76.1 cm³/mol. The molecule has 0 aliphatic heterocycles. The molecule has 0 spiro atoms. The minimum Gasteiger partial charge on any atom is -0.497 e. The third-order valence-electron chi connectivity index (χ3n) is 2.80. The van der Waals surface area contributed by atoms with E-state index in [0.29, 0.717) is 16.3 Å². The van der Waals surface area contributed by atoms with Crippen molar-refractivity contribution in [2.45, 2.75) is 12.6 Å². The van der Waals surface area contributed by atoms with Gasteiger partial charge in [0.2, 0.25) is 0 Å². The zero-order valence-corrected chi connectivity index (χ0v) is 12.4. The fourth-order valence-electron chi connectivity index (χ4n) is 1.71. The average Bonchev–Trinajstić information content (AvgIpc) is 2.96. The number of benzene rings is 1. The second kappa shape index (κ2) is 6.78. The van der Waals surface area contributed by atoms with Crippen molar-refractivity contribution in [1.82, 2.24) is 10.3 Å². The van der Waals surface area contributed by atoms with Gasteiger partial charge in [-0.1, -0.05) is 6.07 Å². The number of hydrogen-bond donors (Lipinski definition) is 1. The minimum absolute atomic E-state index is 0.209. The fourth-order valence-corrected chi connectivity index (χ4v) is 2.51. The molecule has 1 aromatic heterocycles. The monoisotopic (exact) mass is 330 g/mol. The van der Waals surface area contributed by atoms with Crippen molar-refractivity contribution in [3.63, 3.8) is 0 Å². The second-order valence-corrected chi connectivity index (χ2v) is 5.30. The van der Waals surface area contributed by atoms with Gasteiger partial charge in [0.15, 0.2) is 5.69 Å². The maximum Gasteiger partial charge on any atom is 0.434 e. The summed E-state index contributed by atoms with van der Waals surface area (Å²) in [5.41, 5.74) is -0.471. The van der Waals surface area contributed by atoms with Gasteiger partial charge in [-0.3, -0.25) is 4.79 Å². The van der Waals surface area contributed by atoms with Crippen molar-refractivity contribution in [2.75, 3.05) is 13.7 Å². The maximum atomic E-state index is 12.4. The molecule has 0 saturated carbocycles. The predicted octanol–water partition coefficient (Wildman–Crippen LogP) is 3.14. The lowest BCUT2D eigenvalue weighted by Gasteiger charge is -2.06. The van der Waals surface area contributed by atoms with E-state index in [4.69, 9.17) is 4.74 Å². The van der Waals surface area contributed by atoms with E-state index < -0.39 is 11.9 Å². The third-order valence-corrected chi connectivity index (χ3v) is 3.71. The van der Waals surface area contributed by atoms with Gasteiger partial charge in [-0.25, -0.2) is 4.98 Å². The SMILES string of the molecule is COc1cccc(C(=O)NCCc2nc(C(F)(F)F)cs2)c1. The van der Waals surface area contributed by atoms with Gasteiger partial charge in [-0.2, -0.15) is 13.2 Å². The summed E-state index contributed by atoms with van der Waals surface area (Å²) in [4.78, 5) is 15.4. The lowest BCUT2D eigenvalue weighted by molar-refractivity contribution is -0.140. The quantitative estimate of drug-likeness (QED) is 0.916. The van der Waals surface area contributed by atoms with Crippen molar-refractivity contribution in [3.8, 4) is 5.75 Å². The van der Waals surface area contributed by atoms with E-state index in [1.54, 1.807) is 24.3 Å². The number of methoxy groups -OCH3 is 1. The van der Waals surface area contributed by atoms with Crippen molar-refractivity contribution in [3.05, 3.63) is 45.9 Å². The Labute approximate surface area is 128 Å². The Kier molecular flexibility index (Phi) is 5.02. The van der Waals surface area contributed by atoms with Crippen LogP contribution in [-0.4, -0.2) is 24.5 Å². The molecule has 0 unspecified atom stereocenters. The number of hydrogen-bond acceptors (Lipinski definition) is 4. The Morgan fingerprint density at radius 1 is 1.41 bits per heavy atom. The Morgan fingerprint density at radius 3 is 2.82 bits per heavy atom. The summed E-state index contributed by atoms with van der Waals surface area (Å²) in [5, 5.41) is 3.94. The van der Waals surface area contributed by atoms with Crippen LogP contribution in [0.4, 0.5) is 13.2 Å². The van der Waals surface area contributed by atoms with Crippen LogP contribution in [0.3, 0.4) is 0 Å². The number of thiazole rings is 1. The first kappa shape index (κ1) is 16.3. The zero-order chi connectivity index (χ0) is 16.2. The molecule has 0 fully saturated rings. The number of halogens is 3. The van der Waals surface area contributed by atoms with Crippen LogP contribution in [0.15, 0.2) is 29.6 Å². The van der Waals surface area contributed by atoms with Gasteiger partial charge in [0.25, 0.3) is 5.91 Å². The largest absolute Gasteiger partial charge is 0.497 e. The first-order chi connectivity index (χ1) is 10.4. The minimum atomic E-state index is -4.43. The Balaban J connectivity index is 1.88. The first-order valence-corrected chi connectivity index (χ1v) is 7.22. The van der Waals surface area contributed by atoms with Gasteiger partial charge in [0.05, 0.1) is 12.1 Å². The molecule has 0 radical (unpaired) electrons. The summed E-state index contributed by atoms with van der Waals surface area (Å²) < 4.78 is 42.2. The molecular formula is C14H13F3N2O2S. The Morgan fingerprint density at radius 2 is 2.18 bits per heavy atom. The highest BCUT2D eigenvalue weighted by molar-refractivity contribution is 7.09. The van der Waals surface area contributed by atoms with Crippen LogP contribution in [0.1, 0.15) is 21.1 Å². The molecule has 2 aromatic rings. The molecule has 4 nitrogen and oxygen atoms in total. The standard InChI is InChI=1S/C14H13F3N2O2S/c1-21-10-4-2-3-9(7-10)13(20)18-6-5-12-19-11(8-22-12)14(15,16)17/h2-4,7-8H,5-6H2,1H3,(H,18,20). The van der Waals surface area contributed by atoms with Gasteiger partial charge in [-0.15, -0.1) is 11.3 Å². The smallest absolute Gasteiger partial charge is 0.434 e. The summed E-state index contributed by atoms with van der Waals surface area (Å²) in [6, 6.07) is 6.61. The number of ether oxygens (including phenoxy) is 1. The molecule has 8 heteroatoms. The van der Waals surface area contributed by atoms with Gasteiger partial charge >= 0.3 is 6.18 Å². The number of alkyl halides is 3. The van der Waals surface area contributed by atoms with Crippen LogP contribution in [0, 0.1) is 0 Å². The number of amides is 1. The summed E-state index contributed by atoms with van der Waals surface area (Å²) >= 11 is 0.928. The van der Waals surface area contributed by atoms with Gasteiger partial charge in [0.1, 0.15) is 5.75 Å². The highest BCUT2D eigenvalue weighted by Crippen LogP contribution is 2.30. The van der Waals surface area contributed by atoms with Crippen molar-refractivity contribution in [1.29, 1.82) is 0 Å². The van der Waals surface area contributed by atoms with E-state index in [2.05, 4.69) is 10.3 Å². The highest BCUT2D eigenvalue weighted by atomic mass is 32.1. The topological polar surface area (TPSA) is 51.2 Å². The van der Waals surface area contributed by atoms with Crippen LogP contribution >= 0.6 is 11.3 Å². The van der Waals surface area contributed by atoms with Crippen LogP contribution in [0.2, 0.25) is 0 Å². The number of carbonyl (C=O) groups excluding carboxylic acids is 1. The summed E-state index contributed by atoms with van der Waals surface area (Å²) in [6.07, 6.45) is -4.19. The number of nitrogens with one attached hydrogen (secondary N) is 1. The molecule has 1 amide bonds. The maximum absolute atomic E-state index is 12.4. The second-order valence-electron chi connectivity index (χ2n) is 4.36. The molecule has 2 rings (SSSR count). The molecule has 0 aliphatic carbocycles. The van der Waals surface area contributed by atoms with Crippen molar-refractivity contribution < 1.29 is 22.7 Å². The number of nitrogens with zero attached hydrogens (tertiary/aromatic N) is 1. The molecule has 0 bridgehead atoms. The van der Waals surface area contributed by atoms with Gasteiger partial charge in [0, 0.05) is 23.9 Å². The molecule has 0 aliphatic rings. The van der Waals surface area contributed by atoms with Crippen LogP contribution < -0.4 is 10.1 Å². The lowest BCUT2D eigenvalue weighted by atomic mass is 10.2. The van der Waals surface area contributed by atoms with Crippen molar-refractivity contribution in [2.24, 2.45) is 0 Å². The number of rotatable bonds is 5. The summed E-state index contributed by atoms with van der Waals surface area (Å²) in [7, 11) is 1.50. The van der Waals surface area contributed by atoms with Crippen LogP contribution in [-0.2, 0) is 12.6 Å². The van der Waals surface area contributed by atoms with Crippen LogP contribution in [0.5, 0.6) is 5.75 Å². The fraction of sp³-hybridized carbons (Fsp3) is 0.286. The van der Waals surface area contributed by atoms with E-state index in [9.17, 15) is 18.0 Å². The van der Waals surface area contributed by atoms with E-state index in [1.165, 1.54) is 7.11 Å². The van der Waals surface area contributed by atoms with E-state index >= 15 is 0 Å². The Bertz CT molecular complexity index is 656. The molecule has 1 aromatic carbocycles. The third kappa shape index (κ3) is 4.20. The first-order valence-electron chi connectivity index (χ1n) is 6.34. The van der Waals surface area contributed by atoms with E-state index in [0.717, 1.165) is 16.7 Å². The summed E-state index contributed by atoms with van der Waals surface area (Å²) in [5.74, 6) is 0.244. The molecule has 22 heavy (non-hydrogen) atoms. The van der Waals surface area contributed by atoms with E-state index in [1.807, 2.05) is 0 Å². The van der Waals surface area contributed by atoms with Crippen LogP contribution in [0.25, 0.3) is 0 Å². The molecular weight excluding hydrogens is 317 g/mol. The summed E-state index contributed by atoms with van der Waals surface area (Å²) in [6.45, 7) is 0.209. The molecule has 1 heterocycles. The van der Waals surface area contributed by atoms with Gasteiger partial charge in [-0.05, 0) is 18.2 Å². The molecule has 1 N–H and O–H groups in total. The highest BCUT2D eigenvalue weighted by Gasteiger charge is 2.33. The lowest BCUT2D eigenvalue weighted by Crippen LogP contribution is -2.25. The average molecular weight is 330 g/mol.